The van der Waals surface area contributed by atoms with Gasteiger partial charge in [0.15, 0.2) is 0 Å². The second-order valence-corrected chi connectivity index (χ2v) is 7.86. The molecule has 1 amide bonds. The molecule has 2 aromatic carbocycles. The molecule has 0 radical (unpaired) electrons. The van der Waals surface area contributed by atoms with Crippen LogP contribution in [0, 0.1) is 0 Å². The number of amides is 1. The highest BCUT2D eigenvalue weighted by atomic mass is 32.1. The zero-order chi connectivity index (χ0) is 19.5. The summed E-state index contributed by atoms with van der Waals surface area (Å²) in [6.07, 6.45) is 0. The van der Waals surface area contributed by atoms with Crippen LogP contribution in [0.5, 0.6) is 5.75 Å². The SMILES string of the molecule is CC(C)n1c(C(=O)Nc2ccc(OCc3ccccc3)cc2)cc2sccc21. The van der Waals surface area contributed by atoms with E-state index >= 15 is 0 Å². The van der Waals surface area contributed by atoms with E-state index in [0.29, 0.717) is 12.3 Å². The van der Waals surface area contributed by atoms with Crippen molar-refractivity contribution in [2.24, 2.45) is 0 Å². The Balaban J connectivity index is 1.45. The van der Waals surface area contributed by atoms with Gasteiger partial charge in [0, 0.05) is 11.7 Å². The molecule has 0 bridgehead atoms. The van der Waals surface area contributed by atoms with Crippen LogP contribution in [0.1, 0.15) is 35.9 Å². The number of nitrogens with zero attached hydrogens (tertiary/aromatic N) is 1. The van der Waals surface area contributed by atoms with Gasteiger partial charge in [0.2, 0.25) is 0 Å². The van der Waals surface area contributed by atoms with Crippen molar-refractivity contribution in [1.82, 2.24) is 4.57 Å². The molecule has 0 atom stereocenters. The number of thiophene rings is 1. The van der Waals surface area contributed by atoms with Gasteiger partial charge in [0.05, 0.1) is 10.2 Å². The summed E-state index contributed by atoms with van der Waals surface area (Å²) in [7, 11) is 0. The molecule has 0 fully saturated rings. The average Bonchev–Trinajstić information content (AvgIpc) is 3.29. The number of aromatic nitrogens is 1. The van der Waals surface area contributed by atoms with Gasteiger partial charge in [0.25, 0.3) is 5.91 Å². The molecule has 142 valence electrons. The molecular formula is C23H22N2O2S. The van der Waals surface area contributed by atoms with Gasteiger partial charge in [-0.25, -0.2) is 0 Å². The highest BCUT2D eigenvalue weighted by molar-refractivity contribution is 7.17. The van der Waals surface area contributed by atoms with Crippen LogP contribution in [0.15, 0.2) is 72.1 Å². The molecular weight excluding hydrogens is 368 g/mol. The van der Waals surface area contributed by atoms with E-state index in [-0.39, 0.29) is 11.9 Å². The summed E-state index contributed by atoms with van der Waals surface area (Å²) >= 11 is 1.65. The zero-order valence-corrected chi connectivity index (χ0v) is 16.7. The lowest BCUT2D eigenvalue weighted by Gasteiger charge is -2.14. The lowest BCUT2D eigenvalue weighted by molar-refractivity contribution is 0.101. The number of ether oxygens (including phenoxy) is 1. The predicted molar refractivity (Wildman–Crippen MR) is 115 cm³/mol. The molecule has 2 aromatic heterocycles. The molecule has 0 aliphatic carbocycles. The molecule has 0 saturated heterocycles. The quantitative estimate of drug-likeness (QED) is 0.431. The molecule has 0 saturated carbocycles. The Labute approximate surface area is 168 Å². The fraction of sp³-hybridized carbons (Fsp3) is 0.174. The number of benzene rings is 2. The van der Waals surface area contributed by atoms with E-state index in [2.05, 4.69) is 35.2 Å². The van der Waals surface area contributed by atoms with Crippen molar-refractivity contribution < 1.29 is 9.53 Å². The number of rotatable bonds is 6. The summed E-state index contributed by atoms with van der Waals surface area (Å²) in [6, 6.07) is 21.8. The lowest BCUT2D eigenvalue weighted by Crippen LogP contribution is -2.18. The van der Waals surface area contributed by atoms with Crippen LogP contribution >= 0.6 is 11.3 Å². The van der Waals surface area contributed by atoms with E-state index < -0.39 is 0 Å². The van der Waals surface area contributed by atoms with E-state index in [1.807, 2.05) is 60.7 Å². The lowest BCUT2D eigenvalue weighted by atomic mass is 10.2. The van der Waals surface area contributed by atoms with E-state index in [4.69, 9.17) is 4.74 Å². The summed E-state index contributed by atoms with van der Waals surface area (Å²) < 4.78 is 9.01. The van der Waals surface area contributed by atoms with Gasteiger partial charge < -0.3 is 14.6 Å². The van der Waals surface area contributed by atoms with Gasteiger partial charge >= 0.3 is 0 Å². The predicted octanol–water partition coefficient (Wildman–Crippen LogP) is 6.12. The van der Waals surface area contributed by atoms with E-state index in [1.54, 1.807) is 11.3 Å². The second kappa shape index (κ2) is 7.90. The van der Waals surface area contributed by atoms with Crippen molar-refractivity contribution in [3.63, 3.8) is 0 Å². The second-order valence-electron chi connectivity index (χ2n) is 6.92. The van der Waals surface area contributed by atoms with Crippen LogP contribution in [-0.4, -0.2) is 10.5 Å². The Morgan fingerprint density at radius 1 is 1.07 bits per heavy atom. The first-order valence-electron chi connectivity index (χ1n) is 9.28. The molecule has 4 aromatic rings. The van der Waals surface area contributed by atoms with E-state index in [9.17, 15) is 4.79 Å². The number of nitrogens with one attached hydrogen (secondary N) is 1. The molecule has 4 nitrogen and oxygen atoms in total. The third kappa shape index (κ3) is 3.80. The maximum atomic E-state index is 12.8. The molecule has 0 unspecified atom stereocenters. The minimum atomic E-state index is -0.102. The maximum absolute atomic E-state index is 12.8. The van der Waals surface area contributed by atoms with Crippen LogP contribution in [0.25, 0.3) is 10.2 Å². The van der Waals surface area contributed by atoms with Gasteiger partial charge in [-0.3, -0.25) is 4.79 Å². The van der Waals surface area contributed by atoms with E-state index in [1.165, 1.54) is 0 Å². The molecule has 2 heterocycles. The third-order valence-electron chi connectivity index (χ3n) is 4.57. The smallest absolute Gasteiger partial charge is 0.272 e. The minimum absolute atomic E-state index is 0.102. The summed E-state index contributed by atoms with van der Waals surface area (Å²) in [6.45, 7) is 4.70. The molecule has 0 aliphatic rings. The van der Waals surface area contributed by atoms with Crippen molar-refractivity contribution in [1.29, 1.82) is 0 Å². The van der Waals surface area contributed by atoms with E-state index in [0.717, 1.165) is 27.2 Å². The highest BCUT2D eigenvalue weighted by Gasteiger charge is 2.18. The summed E-state index contributed by atoms with van der Waals surface area (Å²) in [5.74, 6) is 0.669. The van der Waals surface area contributed by atoms with Crippen LogP contribution in [0.3, 0.4) is 0 Å². The molecule has 0 spiro atoms. The monoisotopic (exact) mass is 390 g/mol. The summed E-state index contributed by atoms with van der Waals surface area (Å²) in [5, 5.41) is 5.05. The first-order valence-corrected chi connectivity index (χ1v) is 10.2. The van der Waals surface area contributed by atoms with Gasteiger partial charge in [-0.1, -0.05) is 30.3 Å². The fourth-order valence-corrected chi connectivity index (χ4v) is 4.06. The number of carbonyl (C=O) groups is 1. The van der Waals surface area contributed by atoms with Gasteiger partial charge in [0.1, 0.15) is 18.1 Å². The fourth-order valence-electron chi connectivity index (χ4n) is 3.25. The number of anilines is 1. The first kappa shape index (κ1) is 18.3. The Kier molecular flexibility index (Phi) is 5.17. The Morgan fingerprint density at radius 2 is 1.82 bits per heavy atom. The maximum Gasteiger partial charge on any atom is 0.272 e. The largest absolute Gasteiger partial charge is 0.489 e. The van der Waals surface area contributed by atoms with Crippen LogP contribution in [0.2, 0.25) is 0 Å². The number of hydrogen-bond donors (Lipinski definition) is 1. The summed E-state index contributed by atoms with van der Waals surface area (Å²) in [4.78, 5) is 12.8. The van der Waals surface area contributed by atoms with Crippen LogP contribution < -0.4 is 10.1 Å². The van der Waals surface area contributed by atoms with Crippen molar-refractivity contribution in [2.75, 3.05) is 5.32 Å². The van der Waals surface area contributed by atoms with Gasteiger partial charge in [-0.15, -0.1) is 11.3 Å². The van der Waals surface area contributed by atoms with Crippen molar-refractivity contribution in [3.8, 4) is 5.75 Å². The Hall–Kier alpha value is -3.05. The van der Waals surface area contributed by atoms with Crippen molar-refractivity contribution in [2.45, 2.75) is 26.5 Å². The number of hydrogen-bond acceptors (Lipinski definition) is 3. The Morgan fingerprint density at radius 3 is 2.54 bits per heavy atom. The van der Waals surface area contributed by atoms with Gasteiger partial charge in [-0.05, 0) is 61.2 Å². The third-order valence-corrected chi connectivity index (χ3v) is 5.42. The first-order chi connectivity index (χ1) is 13.6. The Bertz CT molecular complexity index is 1080. The summed E-state index contributed by atoms with van der Waals surface area (Å²) in [5.41, 5.74) is 3.65. The minimum Gasteiger partial charge on any atom is -0.489 e. The van der Waals surface area contributed by atoms with Crippen molar-refractivity contribution >= 4 is 33.1 Å². The molecule has 4 rings (SSSR count). The number of carbonyl (C=O) groups excluding carboxylic acids is 1. The zero-order valence-electron chi connectivity index (χ0n) is 15.9. The normalized spacial score (nSPS) is 11.1. The van der Waals surface area contributed by atoms with Crippen molar-refractivity contribution in [3.05, 3.63) is 83.4 Å². The van der Waals surface area contributed by atoms with Crippen LogP contribution in [0.4, 0.5) is 5.69 Å². The molecule has 5 heteroatoms. The average molecular weight is 391 g/mol. The molecule has 28 heavy (non-hydrogen) atoms. The van der Waals surface area contributed by atoms with Gasteiger partial charge in [-0.2, -0.15) is 0 Å². The topological polar surface area (TPSA) is 43.3 Å². The van der Waals surface area contributed by atoms with Crippen LogP contribution in [-0.2, 0) is 6.61 Å². The number of fused-ring (bicyclic) bond motifs is 1. The molecule has 1 N–H and O–H groups in total. The highest BCUT2D eigenvalue weighted by Crippen LogP contribution is 2.29. The molecule has 0 aliphatic heterocycles. The standard InChI is InChI=1S/C23H22N2O2S/c1-16(2)25-20-12-13-28-22(20)14-21(25)23(26)24-18-8-10-19(11-9-18)27-15-17-6-4-3-5-7-17/h3-14,16H,15H2,1-2H3,(H,24,26).